The molecule has 0 spiro atoms. The zero-order valence-electron chi connectivity index (χ0n) is 13.6. The summed E-state index contributed by atoms with van der Waals surface area (Å²) in [4.78, 5) is 12.6. The fourth-order valence-corrected chi connectivity index (χ4v) is 3.24. The minimum atomic E-state index is -0.418. The quantitative estimate of drug-likeness (QED) is 0.484. The Morgan fingerprint density at radius 2 is 1.92 bits per heavy atom. The summed E-state index contributed by atoms with van der Waals surface area (Å²) < 4.78 is 16.7. The Kier molecular flexibility index (Phi) is 5.47. The summed E-state index contributed by atoms with van der Waals surface area (Å²) in [6.45, 7) is 3.94. The number of benzene rings is 2. The van der Waals surface area contributed by atoms with Crippen LogP contribution in [-0.4, -0.2) is 13.7 Å². The first kappa shape index (κ1) is 18.6. The Morgan fingerprint density at radius 1 is 1.15 bits per heavy atom. The fraction of sp³-hybridized carbons (Fsp3) is 0.105. The van der Waals surface area contributed by atoms with E-state index in [-0.39, 0.29) is 26.8 Å². The van der Waals surface area contributed by atoms with Gasteiger partial charge in [-0.15, -0.1) is 0 Å². The van der Waals surface area contributed by atoms with Gasteiger partial charge in [-0.05, 0) is 30.3 Å². The van der Waals surface area contributed by atoms with Crippen molar-refractivity contribution in [2.75, 3.05) is 13.7 Å². The Morgan fingerprint density at radius 3 is 2.62 bits per heavy atom. The molecule has 0 aliphatic carbocycles. The molecule has 0 amide bonds. The van der Waals surface area contributed by atoms with E-state index >= 15 is 0 Å². The molecule has 1 heterocycles. The highest BCUT2D eigenvalue weighted by Crippen LogP contribution is 2.37. The average molecular weight is 412 g/mol. The van der Waals surface area contributed by atoms with Crippen molar-refractivity contribution in [1.29, 1.82) is 0 Å². The normalized spacial score (nSPS) is 10.8. The van der Waals surface area contributed by atoms with Crippen molar-refractivity contribution in [3.8, 4) is 22.8 Å². The number of hydrogen-bond acceptors (Lipinski definition) is 4. The predicted octanol–water partition coefficient (Wildman–Crippen LogP) is 5.99. The predicted molar refractivity (Wildman–Crippen MR) is 105 cm³/mol. The second kappa shape index (κ2) is 7.62. The molecule has 0 saturated carbocycles. The standard InChI is InChI=1S/C19H13Cl3O4/c1-3-6-25-14-5-4-10(7-15(14)24-2)18-16(22)17(23)12-8-11(20)9-13(21)19(12)26-18/h3-5,7-9H,1,6H2,2H3. The van der Waals surface area contributed by atoms with Crippen LogP contribution in [0.2, 0.25) is 15.1 Å². The molecule has 26 heavy (non-hydrogen) atoms. The van der Waals surface area contributed by atoms with Crippen LogP contribution in [0.25, 0.3) is 22.3 Å². The van der Waals surface area contributed by atoms with Crippen LogP contribution < -0.4 is 14.9 Å². The monoisotopic (exact) mass is 410 g/mol. The van der Waals surface area contributed by atoms with Crippen molar-refractivity contribution in [3.63, 3.8) is 0 Å². The van der Waals surface area contributed by atoms with E-state index in [2.05, 4.69) is 6.58 Å². The van der Waals surface area contributed by atoms with Gasteiger partial charge < -0.3 is 13.9 Å². The molecule has 0 N–H and O–H groups in total. The van der Waals surface area contributed by atoms with Crippen LogP contribution in [0.5, 0.6) is 11.5 Å². The average Bonchev–Trinajstić information content (AvgIpc) is 2.63. The SMILES string of the molecule is C=CCOc1ccc(-c2oc3c(Cl)cc(Cl)cc3c(=O)c2Cl)cc1OC. The molecule has 4 nitrogen and oxygen atoms in total. The van der Waals surface area contributed by atoms with Gasteiger partial charge in [0.2, 0.25) is 5.43 Å². The molecular formula is C19H13Cl3O4. The molecule has 0 atom stereocenters. The van der Waals surface area contributed by atoms with Crippen LogP contribution in [0.15, 0.2) is 52.2 Å². The third-order valence-corrected chi connectivity index (χ3v) is 4.48. The lowest BCUT2D eigenvalue weighted by Gasteiger charge is -2.12. The molecule has 1 aromatic heterocycles. The summed E-state index contributed by atoms with van der Waals surface area (Å²) >= 11 is 18.4. The van der Waals surface area contributed by atoms with Crippen molar-refractivity contribution < 1.29 is 13.9 Å². The zero-order chi connectivity index (χ0) is 18.8. The minimum absolute atomic E-state index is 0.0716. The van der Waals surface area contributed by atoms with E-state index in [4.69, 9.17) is 48.7 Å². The van der Waals surface area contributed by atoms with Crippen LogP contribution >= 0.6 is 34.8 Å². The van der Waals surface area contributed by atoms with Crippen molar-refractivity contribution in [2.24, 2.45) is 0 Å². The van der Waals surface area contributed by atoms with Crippen LogP contribution in [0.4, 0.5) is 0 Å². The van der Waals surface area contributed by atoms with Crippen LogP contribution in [0.1, 0.15) is 0 Å². The first-order chi connectivity index (χ1) is 12.5. The molecule has 3 aromatic rings. The minimum Gasteiger partial charge on any atom is -0.493 e. The highest BCUT2D eigenvalue weighted by atomic mass is 35.5. The first-order valence-corrected chi connectivity index (χ1v) is 8.63. The van der Waals surface area contributed by atoms with Gasteiger partial charge in [-0.1, -0.05) is 47.5 Å². The van der Waals surface area contributed by atoms with Crippen LogP contribution in [-0.2, 0) is 0 Å². The van der Waals surface area contributed by atoms with E-state index in [0.29, 0.717) is 28.7 Å². The third-order valence-electron chi connectivity index (χ3n) is 3.64. The van der Waals surface area contributed by atoms with Gasteiger partial charge in [-0.3, -0.25) is 4.79 Å². The Labute approximate surface area is 164 Å². The maximum absolute atomic E-state index is 12.6. The lowest BCUT2D eigenvalue weighted by molar-refractivity contribution is 0.326. The van der Waals surface area contributed by atoms with Crippen molar-refractivity contribution in [2.45, 2.75) is 0 Å². The second-order valence-electron chi connectivity index (χ2n) is 5.30. The van der Waals surface area contributed by atoms with Crippen molar-refractivity contribution in [3.05, 3.63) is 68.3 Å². The van der Waals surface area contributed by atoms with Crippen molar-refractivity contribution in [1.82, 2.24) is 0 Å². The molecular weight excluding hydrogens is 399 g/mol. The Bertz CT molecular complexity index is 1060. The van der Waals surface area contributed by atoms with Gasteiger partial charge >= 0.3 is 0 Å². The fourth-order valence-electron chi connectivity index (χ4n) is 2.46. The summed E-state index contributed by atoms with van der Waals surface area (Å²) in [7, 11) is 1.51. The maximum atomic E-state index is 12.6. The molecule has 0 fully saturated rings. The smallest absolute Gasteiger partial charge is 0.212 e. The second-order valence-corrected chi connectivity index (χ2v) is 6.53. The van der Waals surface area contributed by atoms with E-state index in [1.807, 2.05) is 0 Å². The van der Waals surface area contributed by atoms with Gasteiger partial charge in [-0.2, -0.15) is 0 Å². The number of ether oxygens (including phenoxy) is 2. The van der Waals surface area contributed by atoms with E-state index in [1.54, 1.807) is 24.3 Å². The van der Waals surface area contributed by atoms with Gasteiger partial charge in [0.05, 0.1) is 17.5 Å². The summed E-state index contributed by atoms with van der Waals surface area (Å²) in [6, 6.07) is 8.04. The topological polar surface area (TPSA) is 48.7 Å². The van der Waals surface area contributed by atoms with E-state index in [9.17, 15) is 4.79 Å². The van der Waals surface area contributed by atoms with Crippen LogP contribution in [0, 0.1) is 0 Å². The van der Waals surface area contributed by atoms with Gasteiger partial charge in [0, 0.05) is 10.6 Å². The number of methoxy groups -OCH3 is 1. The Hall–Kier alpha value is -2.14. The molecule has 3 rings (SSSR count). The Balaban J connectivity index is 2.21. The number of halogens is 3. The lowest BCUT2D eigenvalue weighted by Crippen LogP contribution is -2.04. The number of fused-ring (bicyclic) bond motifs is 1. The van der Waals surface area contributed by atoms with Gasteiger partial charge in [0.1, 0.15) is 11.6 Å². The first-order valence-electron chi connectivity index (χ1n) is 7.49. The largest absolute Gasteiger partial charge is 0.493 e. The van der Waals surface area contributed by atoms with E-state index in [1.165, 1.54) is 19.2 Å². The number of hydrogen-bond donors (Lipinski definition) is 0. The van der Waals surface area contributed by atoms with Crippen molar-refractivity contribution >= 4 is 45.8 Å². The van der Waals surface area contributed by atoms with Crippen LogP contribution in [0.3, 0.4) is 0 Å². The summed E-state index contributed by atoms with van der Waals surface area (Å²) in [5, 5.41) is 0.691. The lowest BCUT2D eigenvalue weighted by atomic mass is 10.1. The molecule has 0 saturated heterocycles. The molecule has 0 aliphatic heterocycles. The number of rotatable bonds is 5. The summed E-state index contributed by atoms with van der Waals surface area (Å²) in [5.74, 6) is 1.17. The summed E-state index contributed by atoms with van der Waals surface area (Å²) in [5.41, 5.74) is 0.340. The molecule has 0 unspecified atom stereocenters. The van der Waals surface area contributed by atoms with E-state index < -0.39 is 5.43 Å². The molecule has 0 radical (unpaired) electrons. The van der Waals surface area contributed by atoms with Gasteiger partial charge in [-0.25, -0.2) is 0 Å². The maximum Gasteiger partial charge on any atom is 0.212 e. The zero-order valence-corrected chi connectivity index (χ0v) is 15.9. The molecule has 0 aliphatic rings. The molecule has 134 valence electrons. The highest BCUT2D eigenvalue weighted by Gasteiger charge is 2.18. The molecule has 2 aromatic carbocycles. The molecule has 0 bridgehead atoms. The van der Waals surface area contributed by atoms with Gasteiger partial charge in [0.15, 0.2) is 22.8 Å². The highest BCUT2D eigenvalue weighted by molar-refractivity contribution is 6.38. The van der Waals surface area contributed by atoms with E-state index in [0.717, 1.165) is 0 Å². The molecule has 7 heteroatoms. The van der Waals surface area contributed by atoms with Gasteiger partial charge in [0.25, 0.3) is 0 Å². The third kappa shape index (κ3) is 3.40. The summed E-state index contributed by atoms with van der Waals surface area (Å²) in [6.07, 6.45) is 1.62.